The van der Waals surface area contributed by atoms with Gasteiger partial charge in [0.15, 0.2) is 0 Å². The van der Waals surface area contributed by atoms with E-state index in [-0.39, 0.29) is 29.5 Å². The van der Waals surface area contributed by atoms with Crippen molar-refractivity contribution in [1.82, 2.24) is 0 Å². The lowest BCUT2D eigenvalue weighted by Gasteiger charge is -2.20. The van der Waals surface area contributed by atoms with Crippen LogP contribution in [0.15, 0.2) is 95.8 Å². The highest BCUT2D eigenvalue weighted by atomic mass is 19.4. The van der Waals surface area contributed by atoms with Gasteiger partial charge in [-0.05, 0) is 72.4 Å². The molecule has 0 spiro atoms. The van der Waals surface area contributed by atoms with E-state index in [2.05, 4.69) is 59.6 Å². The summed E-state index contributed by atoms with van der Waals surface area (Å²) < 4.78 is 40.9. The van der Waals surface area contributed by atoms with Gasteiger partial charge >= 0.3 is 6.18 Å². The van der Waals surface area contributed by atoms with Crippen molar-refractivity contribution in [1.29, 1.82) is 0 Å². The van der Waals surface area contributed by atoms with Gasteiger partial charge in [-0.3, -0.25) is 0 Å². The second kappa shape index (κ2) is 14.8. The molecule has 0 saturated carbocycles. The number of hydrogen-bond acceptors (Lipinski definition) is 4. The number of hydrogen-bond donors (Lipinski definition) is 2. The second-order valence-corrected chi connectivity index (χ2v) is 9.81. The number of anilines is 1. The van der Waals surface area contributed by atoms with Crippen molar-refractivity contribution in [2.75, 3.05) is 19.5 Å². The smallest absolute Gasteiger partial charge is 0.388 e. The third-order valence-corrected chi connectivity index (χ3v) is 7.08. The summed E-state index contributed by atoms with van der Waals surface area (Å²) in [4.78, 5) is 9.51. The van der Waals surface area contributed by atoms with E-state index in [0.717, 1.165) is 31.4 Å². The molecule has 2 aromatic rings. The lowest BCUT2D eigenvalue weighted by Crippen LogP contribution is -2.26. The summed E-state index contributed by atoms with van der Waals surface area (Å²) in [7, 11) is 3.23. The largest absolute Gasteiger partial charge is 0.413 e. The lowest BCUT2D eigenvalue weighted by molar-refractivity contribution is -0.223. The minimum Gasteiger partial charge on any atom is -0.388 e. The van der Waals surface area contributed by atoms with Crippen LogP contribution in [-0.2, 0) is 16.2 Å². The summed E-state index contributed by atoms with van der Waals surface area (Å²) in [5.74, 6) is 0.154. The fourth-order valence-corrected chi connectivity index (χ4v) is 4.76. The molecule has 7 heteroatoms. The molecule has 0 radical (unpaired) electrons. The summed E-state index contributed by atoms with van der Waals surface area (Å²) in [5.41, 5.74) is 11.0. The topological polar surface area (TPSA) is 56.5 Å². The fourth-order valence-electron chi connectivity index (χ4n) is 4.76. The Bertz CT molecular complexity index is 1180. The highest BCUT2D eigenvalue weighted by molar-refractivity contribution is 5.70. The van der Waals surface area contributed by atoms with Crippen LogP contribution in [-0.4, -0.2) is 26.4 Å². The van der Waals surface area contributed by atoms with Gasteiger partial charge in [0.05, 0.1) is 7.11 Å². The van der Waals surface area contributed by atoms with Gasteiger partial charge in [0, 0.05) is 29.9 Å². The van der Waals surface area contributed by atoms with Crippen LogP contribution >= 0.6 is 0 Å². The molecular formula is C32H39F3N2O2. The minimum atomic E-state index is -4.41. The van der Waals surface area contributed by atoms with Crippen LogP contribution in [0.3, 0.4) is 0 Å². The zero-order valence-corrected chi connectivity index (χ0v) is 22.9. The highest BCUT2D eigenvalue weighted by Crippen LogP contribution is 2.37. The molecule has 2 aromatic carbocycles. The monoisotopic (exact) mass is 540 g/mol. The number of nitrogens with two attached hydrogens (primary N) is 1. The van der Waals surface area contributed by atoms with Gasteiger partial charge < -0.3 is 15.9 Å². The number of unbranched alkanes of at least 4 members (excludes halogenated alkanes) is 1. The Labute approximate surface area is 230 Å². The number of alkyl halides is 3. The predicted molar refractivity (Wildman–Crippen MR) is 153 cm³/mol. The van der Waals surface area contributed by atoms with Crippen molar-refractivity contribution in [3.8, 4) is 11.1 Å². The van der Waals surface area contributed by atoms with Crippen molar-refractivity contribution in [2.45, 2.75) is 57.7 Å². The van der Waals surface area contributed by atoms with E-state index in [4.69, 9.17) is 10.6 Å². The summed E-state index contributed by atoms with van der Waals surface area (Å²) >= 11 is 0. The van der Waals surface area contributed by atoms with Crippen LogP contribution in [0.5, 0.6) is 0 Å². The first-order chi connectivity index (χ1) is 18.7. The van der Waals surface area contributed by atoms with E-state index >= 15 is 0 Å². The molecule has 0 fully saturated rings. The van der Waals surface area contributed by atoms with Crippen molar-refractivity contribution < 1.29 is 22.9 Å². The molecule has 0 heterocycles. The molecule has 1 aliphatic rings. The quantitative estimate of drug-likeness (QED) is 0.0882. The maximum Gasteiger partial charge on any atom is 0.413 e. The normalized spacial score (nSPS) is 16.0. The van der Waals surface area contributed by atoms with Crippen molar-refractivity contribution in [2.24, 2.45) is 11.7 Å². The molecule has 2 unspecified atom stereocenters. The third-order valence-electron chi connectivity index (χ3n) is 7.08. The molecule has 0 saturated heterocycles. The molecule has 1 aliphatic carbocycles. The molecule has 39 heavy (non-hydrogen) atoms. The standard InChI is InChI=1S/C32H39F3N2O2/c1-23(11-7-8-14-25-21-27(37-2)18-19-28(25)24-12-5-4-6-13-24)31(36)20-17-26(22-39-38-3)29-15-9-10-16-30(29)32(33,34)35/h4-6,9,12-13,15,17-23,31,37H,7-8,10-11,14,16,36H2,1-3H3/b20-17-,26-22+. The highest BCUT2D eigenvalue weighted by Gasteiger charge is 2.36. The van der Waals surface area contributed by atoms with Gasteiger partial charge in [-0.15, -0.1) is 0 Å². The van der Waals surface area contributed by atoms with Crippen molar-refractivity contribution >= 4 is 5.69 Å². The van der Waals surface area contributed by atoms with E-state index < -0.39 is 11.7 Å². The number of aryl methyl sites for hydroxylation is 1. The first kappa shape index (κ1) is 30.3. The van der Waals surface area contributed by atoms with Crippen molar-refractivity contribution in [3.63, 3.8) is 0 Å². The van der Waals surface area contributed by atoms with Gasteiger partial charge in [-0.2, -0.15) is 18.1 Å². The minimum absolute atomic E-state index is 0.0703. The van der Waals surface area contributed by atoms with E-state index in [9.17, 15) is 13.2 Å². The van der Waals surface area contributed by atoms with E-state index in [1.165, 1.54) is 36.1 Å². The van der Waals surface area contributed by atoms with Gasteiger partial charge in [-0.1, -0.05) is 74.0 Å². The Morgan fingerprint density at radius 1 is 1.13 bits per heavy atom. The second-order valence-electron chi connectivity index (χ2n) is 9.81. The van der Waals surface area contributed by atoms with Crippen LogP contribution in [0, 0.1) is 5.92 Å². The summed E-state index contributed by atoms with van der Waals surface area (Å²) in [6, 6.07) is 16.5. The first-order valence-corrected chi connectivity index (χ1v) is 13.4. The molecule has 2 atom stereocenters. The van der Waals surface area contributed by atoms with Gasteiger partial charge in [-0.25, -0.2) is 0 Å². The molecule has 0 aromatic heterocycles. The Morgan fingerprint density at radius 2 is 1.90 bits per heavy atom. The Balaban J connectivity index is 1.62. The molecular weight excluding hydrogens is 501 g/mol. The third kappa shape index (κ3) is 8.87. The zero-order chi connectivity index (χ0) is 28.3. The van der Waals surface area contributed by atoms with Gasteiger partial charge in [0.25, 0.3) is 0 Å². The number of nitrogens with one attached hydrogen (secondary N) is 1. The number of rotatable bonds is 13. The average molecular weight is 541 g/mol. The number of halogens is 3. The SMILES string of the molecule is CNc1ccc(-c2ccccc2)c(CCCCC(C)C(N)/C=C\C(=C/OOC)C2=C(C(F)(F)F)CCC=C2)c1. The molecule has 0 bridgehead atoms. The zero-order valence-electron chi connectivity index (χ0n) is 22.9. The number of allylic oxidation sites excluding steroid dienone is 6. The Morgan fingerprint density at radius 3 is 2.59 bits per heavy atom. The fraction of sp³-hybridized carbons (Fsp3) is 0.375. The Kier molecular flexibility index (Phi) is 11.4. The van der Waals surface area contributed by atoms with Crippen LogP contribution < -0.4 is 11.1 Å². The van der Waals surface area contributed by atoms with Crippen molar-refractivity contribution in [3.05, 3.63) is 101 Å². The summed E-state index contributed by atoms with van der Waals surface area (Å²) in [6.07, 6.45) is 7.48. The van der Waals surface area contributed by atoms with E-state index in [1.54, 1.807) is 18.2 Å². The average Bonchev–Trinajstić information content (AvgIpc) is 2.95. The summed E-state index contributed by atoms with van der Waals surface area (Å²) in [6.45, 7) is 2.07. The first-order valence-electron chi connectivity index (χ1n) is 13.4. The molecule has 3 N–H and O–H groups in total. The molecule has 210 valence electrons. The van der Waals surface area contributed by atoms with Crippen LogP contribution in [0.1, 0.15) is 44.6 Å². The Hall–Kier alpha value is -3.29. The molecule has 0 aliphatic heterocycles. The van der Waals surface area contributed by atoms with Crippen LogP contribution in [0.2, 0.25) is 0 Å². The maximum absolute atomic E-state index is 13.6. The summed E-state index contributed by atoms with van der Waals surface area (Å²) in [5, 5.41) is 3.22. The molecule has 4 nitrogen and oxygen atoms in total. The molecule has 3 rings (SSSR count). The van der Waals surface area contributed by atoms with Crippen LogP contribution in [0.4, 0.5) is 18.9 Å². The lowest BCUT2D eigenvalue weighted by atomic mass is 9.90. The van der Waals surface area contributed by atoms with E-state index in [0.29, 0.717) is 6.42 Å². The predicted octanol–water partition coefficient (Wildman–Crippen LogP) is 8.30. The molecule has 0 amide bonds. The van der Waals surface area contributed by atoms with Crippen LogP contribution in [0.25, 0.3) is 11.1 Å². The van der Waals surface area contributed by atoms with E-state index in [1.807, 2.05) is 13.1 Å². The van der Waals surface area contributed by atoms with Gasteiger partial charge in [0.2, 0.25) is 0 Å². The maximum atomic E-state index is 13.6. The van der Waals surface area contributed by atoms with Gasteiger partial charge in [0.1, 0.15) is 6.26 Å². The number of benzene rings is 2.